The van der Waals surface area contributed by atoms with Gasteiger partial charge >= 0.3 is 7.82 Å². The van der Waals surface area contributed by atoms with E-state index in [2.05, 4.69) is 9.26 Å². The van der Waals surface area contributed by atoms with Crippen molar-refractivity contribution in [2.75, 3.05) is 13.2 Å². The molecule has 0 aliphatic carbocycles. The number of phosphoric ester groups is 1. The van der Waals surface area contributed by atoms with Crippen LogP contribution in [0.1, 0.15) is 0 Å². The Morgan fingerprint density at radius 3 is 2.31 bits per heavy atom. The average Bonchev–Trinajstić information content (AvgIpc) is 2.40. The summed E-state index contributed by atoms with van der Waals surface area (Å²) >= 11 is 0. The maximum absolute atomic E-state index is 10.4. The molecule has 1 saturated heterocycles. The van der Waals surface area contributed by atoms with Crippen LogP contribution in [0, 0.1) is 0 Å². The lowest BCUT2D eigenvalue weighted by Gasteiger charge is -2.22. The molecule has 0 spiro atoms. The first-order valence-electron chi connectivity index (χ1n) is 4.27. The molecule has 1 unspecified atom stereocenters. The van der Waals surface area contributed by atoms with E-state index in [-0.39, 0.29) is 0 Å². The van der Waals surface area contributed by atoms with Crippen molar-refractivity contribution in [2.45, 2.75) is 24.1 Å². The van der Waals surface area contributed by atoms with Gasteiger partial charge in [-0.25, -0.2) is 4.57 Å². The molecular weight excluding hydrogens is 247 g/mol. The third kappa shape index (κ3) is 2.98. The fraction of sp³-hybridized carbons (Fsp3) is 1.00. The summed E-state index contributed by atoms with van der Waals surface area (Å²) in [5.41, 5.74) is 0. The van der Waals surface area contributed by atoms with Gasteiger partial charge in [0.1, 0.15) is 18.3 Å². The number of ether oxygens (including phenoxy) is 1. The zero-order chi connectivity index (χ0) is 12.6. The van der Waals surface area contributed by atoms with Gasteiger partial charge in [-0.3, -0.25) is 4.52 Å². The Morgan fingerprint density at radius 1 is 1.38 bits per heavy atom. The smallest absolute Gasteiger partial charge is 0.391 e. The summed E-state index contributed by atoms with van der Waals surface area (Å²) in [5, 5.41) is 36.7. The van der Waals surface area contributed by atoms with E-state index in [0.29, 0.717) is 0 Å². The molecule has 0 bridgehead atoms. The van der Waals surface area contributed by atoms with Crippen LogP contribution in [0.15, 0.2) is 0 Å². The van der Waals surface area contributed by atoms with Gasteiger partial charge in [-0.1, -0.05) is 0 Å². The van der Waals surface area contributed by atoms with Crippen LogP contribution in [0.25, 0.3) is 0 Å². The molecule has 10 heteroatoms. The zero-order valence-corrected chi connectivity index (χ0v) is 8.90. The van der Waals surface area contributed by atoms with Crippen LogP contribution >= 0.6 is 7.82 Å². The molecule has 0 aromatic heterocycles. The molecule has 1 heterocycles. The highest BCUT2D eigenvalue weighted by Gasteiger charge is 2.53. The third-order valence-corrected chi connectivity index (χ3v) is 2.64. The molecule has 6 N–H and O–H groups in total. The summed E-state index contributed by atoms with van der Waals surface area (Å²) in [7, 11) is -4.73. The third-order valence-electron chi connectivity index (χ3n) is 2.16. The van der Waals surface area contributed by atoms with Gasteiger partial charge in [0.2, 0.25) is 5.79 Å². The van der Waals surface area contributed by atoms with Crippen molar-refractivity contribution in [3.05, 3.63) is 0 Å². The summed E-state index contributed by atoms with van der Waals surface area (Å²) in [4.78, 5) is 16.8. The quantitative estimate of drug-likeness (QED) is 0.288. The lowest BCUT2D eigenvalue weighted by molar-refractivity contribution is -0.247. The molecule has 96 valence electrons. The van der Waals surface area contributed by atoms with Gasteiger partial charge < -0.3 is 34.9 Å². The van der Waals surface area contributed by atoms with Gasteiger partial charge in [-0.15, -0.1) is 0 Å². The second kappa shape index (κ2) is 4.65. The van der Waals surface area contributed by atoms with Crippen molar-refractivity contribution in [3.8, 4) is 0 Å². The van der Waals surface area contributed by atoms with Crippen molar-refractivity contribution in [1.29, 1.82) is 0 Å². The Hall–Kier alpha value is -0.0900. The summed E-state index contributed by atoms with van der Waals surface area (Å²) in [5.74, 6) is -2.36. The second-order valence-corrected chi connectivity index (χ2v) is 4.62. The number of aliphatic hydroxyl groups excluding tert-OH is 3. The Balaban J connectivity index is 2.61. The van der Waals surface area contributed by atoms with Crippen LogP contribution in [-0.2, 0) is 13.8 Å². The molecule has 9 nitrogen and oxygen atoms in total. The highest BCUT2D eigenvalue weighted by molar-refractivity contribution is 7.46. The Morgan fingerprint density at radius 2 is 1.94 bits per heavy atom. The summed E-state index contributed by atoms with van der Waals surface area (Å²) in [6, 6.07) is 0. The summed E-state index contributed by atoms with van der Waals surface area (Å²) in [6.45, 7) is -1.71. The maximum atomic E-state index is 10.4. The van der Waals surface area contributed by atoms with Crippen LogP contribution in [0.5, 0.6) is 0 Å². The fourth-order valence-electron chi connectivity index (χ4n) is 1.31. The lowest BCUT2D eigenvalue weighted by Crippen LogP contribution is -2.46. The lowest BCUT2D eigenvalue weighted by atomic mass is 10.1. The van der Waals surface area contributed by atoms with E-state index < -0.39 is 45.1 Å². The van der Waals surface area contributed by atoms with E-state index >= 15 is 0 Å². The highest BCUT2D eigenvalue weighted by atomic mass is 31.2. The molecular formula is C6H13O9P. The van der Waals surface area contributed by atoms with E-state index in [1.807, 2.05) is 0 Å². The number of hydrogen-bond acceptors (Lipinski definition) is 7. The number of phosphoric acid groups is 1. The monoisotopic (exact) mass is 260 g/mol. The Kier molecular flexibility index (Phi) is 4.06. The Bertz CT molecular complexity index is 290. The van der Waals surface area contributed by atoms with Crippen molar-refractivity contribution in [1.82, 2.24) is 0 Å². The van der Waals surface area contributed by atoms with Gasteiger partial charge in [-0.05, 0) is 0 Å². The summed E-state index contributed by atoms with van der Waals surface area (Å²) < 4.78 is 19.1. The van der Waals surface area contributed by atoms with E-state index in [0.717, 1.165) is 0 Å². The minimum Gasteiger partial charge on any atom is -0.391 e. The maximum Gasteiger partial charge on any atom is 0.469 e. The molecule has 0 radical (unpaired) electrons. The molecule has 1 rings (SSSR count). The first-order chi connectivity index (χ1) is 7.19. The predicted octanol–water partition coefficient (Wildman–Crippen LogP) is -3.10. The van der Waals surface area contributed by atoms with Crippen LogP contribution in [0.2, 0.25) is 0 Å². The van der Waals surface area contributed by atoms with E-state index in [4.69, 9.17) is 14.9 Å². The van der Waals surface area contributed by atoms with Crippen LogP contribution in [-0.4, -0.2) is 67.5 Å². The molecule has 1 fully saturated rings. The van der Waals surface area contributed by atoms with Crippen molar-refractivity contribution < 1.29 is 44.0 Å². The van der Waals surface area contributed by atoms with Gasteiger partial charge in [0.25, 0.3) is 0 Å². The standard InChI is InChI=1S/C6H13O9P/c7-2-6(10)5(9)4(8)3(15-6)1-14-16(11,12)13/h3-5,7-10H,1-2H2,(H2,11,12,13)/t3-,4+,5+,6?/m0/s1. The fourth-order valence-corrected chi connectivity index (χ4v) is 1.65. The SMILES string of the molecule is O=P(O)(O)OC[C@@H]1OC(O)(CO)[C@H](O)[C@@H]1O. The van der Waals surface area contributed by atoms with Crippen LogP contribution in [0.3, 0.4) is 0 Å². The number of rotatable bonds is 4. The van der Waals surface area contributed by atoms with Crippen molar-refractivity contribution in [3.63, 3.8) is 0 Å². The molecule has 4 atom stereocenters. The minimum absolute atomic E-state index is 0.731. The van der Waals surface area contributed by atoms with Gasteiger partial charge in [-0.2, -0.15) is 0 Å². The van der Waals surface area contributed by atoms with Crippen LogP contribution in [0.4, 0.5) is 0 Å². The molecule has 0 aromatic rings. The largest absolute Gasteiger partial charge is 0.469 e. The molecule has 16 heavy (non-hydrogen) atoms. The molecule has 0 saturated carbocycles. The molecule has 0 amide bonds. The molecule has 1 aliphatic rings. The Labute approximate surface area is 90.1 Å². The normalized spacial score (nSPS) is 40.2. The van der Waals surface area contributed by atoms with Crippen molar-refractivity contribution in [2.24, 2.45) is 0 Å². The van der Waals surface area contributed by atoms with Crippen LogP contribution < -0.4 is 0 Å². The zero-order valence-electron chi connectivity index (χ0n) is 8.00. The highest BCUT2D eigenvalue weighted by Crippen LogP contribution is 2.38. The number of hydrogen-bond donors (Lipinski definition) is 6. The average molecular weight is 260 g/mol. The van der Waals surface area contributed by atoms with Crippen molar-refractivity contribution >= 4 is 7.82 Å². The van der Waals surface area contributed by atoms with E-state index in [1.54, 1.807) is 0 Å². The topological polar surface area (TPSA) is 157 Å². The van der Waals surface area contributed by atoms with E-state index in [9.17, 15) is 19.9 Å². The van der Waals surface area contributed by atoms with Gasteiger partial charge in [0, 0.05) is 0 Å². The molecule has 1 aliphatic heterocycles. The van der Waals surface area contributed by atoms with E-state index in [1.165, 1.54) is 0 Å². The molecule has 0 aromatic carbocycles. The predicted molar refractivity (Wildman–Crippen MR) is 46.9 cm³/mol. The number of aliphatic hydroxyl groups is 4. The van der Waals surface area contributed by atoms with Gasteiger partial charge in [0.05, 0.1) is 13.2 Å². The summed E-state index contributed by atoms with van der Waals surface area (Å²) in [6.07, 6.45) is -4.76. The van der Waals surface area contributed by atoms with Gasteiger partial charge in [0.15, 0.2) is 0 Å². The minimum atomic E-state index is -4.73. The first kappa shape index (κ1) is 14.0. The first-order valence-corrected chi connectivity index (χ1v) is 5.80. The second-order valence-electron chi connectivity index (χ2n) is 3.38.